The summed E-state index contributed by atoms with van der Waals surface area (Å²) in [6.07, 6.45) is 0. The molecule has 0 saturated carbocycles. The fourth-order valence-corrected chi connectivity index (χ4v) is 2.15. The number of hydrogen-bond donors (Lipinski definition) is 3. The summed E-state index contributed by atoms with van der Waals surface area (Å²) in [5.74, 6) is -0.241. The van der Waals surface area contributed by atoms with Gasteiger partial charge in [0, 0.05) is 0 Å². The number of aromatic nitrogens is 1. The molecule has 5 N–H and O–H groups in total. The van der Waals surface area contributed by atoms with Crippen LogP contribution < -0.4 is 16.8 Å². The Bertz CT molecular complexity index is 564. The number of carbonyl (C=O) groups excluding carboxylic acids is 1. The SMILES string of the molecule is Cc1nc(N)sc1C(=O)Nc1ccccc1N. The lowest BCUT2D eigenvalue weighted by molar-refractivity contribution is 0.103. The second-order valence-corrected chi connectivity index (χ2v) is 4.54. The van der Waals surface area contributed by atoms with E-state index in [1.165, 1.54) is 0 Å². The molecule has 1 aromatic carbocycles. The lowest BCUT2D eigenvalue weighted by Gasteiger charge is -2.06. The maximum absolute atomic E-state index is 11.9. The number of amides is 1. The van der Waals surface area contributed by atoms with E-state index in [1.807, 2.05) is 0 Å². The van der Waals surface area contributed by atoms with Crippen molar-refractivity contribution in [3.8, 4) is 0 Å². The summed E-state index contributed by atoms with van der Waals surface area (Å²) >= 11 is 1.16. The van der Waals surface area contributed by atoms with Crippen molar-refractivity contribution in [1.29, 1.82) is 0 Å². The quantitative estimate of drug-likeness (QED) is 0.707. The fraction of sp³-hybridized carbons (Fsp3) is 0.0909. The van der Waals surface area contributed by atoms with E-state index in [2.05, 4.69) is 10.3 Å². The highest BCUT2D eigenvalue weighted by molar-refractivity contribution is 7.17. The molecular weight excluding hydrogens is 236 g/mol. The molecule has 0 aliphatic heterocycles. The van der Waals surface area contributed by atoms with E-state index in [0.29, 0.717) is 27.1 Å². The van der Waals surface area contributed by atoms with Gasteiger partial charge in [0.25, 0.3) is 5.91 Å². The number of para-hydroxylation sites is 2. The number of hydrogen-bond acceptors (Lipinski definition) is 5. The minimum atomic E-state index is -0.241. The lowest BCUT2D eigenvalue weighted by Crippen LogP contribution is -2.12. The number of nitrogens with two attached hydrogens (primary N) is 2. The Balaban J connectivity index is 2.23. The van der Waals surface area contributed by atoms with Gasteiger partial charge in [0.1, 0.15) is 4.88 Å². The molecule has 0 unspecified atom stereocenters. The van der Waals surface area contributed by atoms with Crippen LogP contribution in [0, 0.1) is 6.92 Å². The summed E-state index contributed by atoms with van der Waals surface area (Å²) in [4.78, 5) is 16.5. The average molecular weight is 248 g/mol. The molecule has 1 aromatic heterocycles. The number of nitrogens with one attached hydrogen (secondary N) is 1. The van der Waals surface area contributed by atoms with Crippen LogP contribution in [0.4, 0.5) is 16.5 Å². The molecule has 0 aliphatic carbocycles. The third-order valence-electron chi connectivity index (χ3n) is 2.23. The van der Waals surface area contributed by atoms with E-state index in [9.17, 15) is 4.79 Å². The van der Waals surface area contributed by atoms with Gasteiger partial charge in [0.15, 0.2) is 5.13 Å². The monoisotopic (exact) mass is 248 g/mol. The van der Waals surface area contributed by atoms with E-state index < -0.39 is 0 Å². The predicted octanol–water partition coefficient (Wildman–Crippen LogP) is 1.87. The maximum atomic E-state index is 11.9. The predicted molar refractivity (Wildman–Crippen MR) is 70.1 cm³/mol. The molecular formula is C11H12N4OS. The van der Waals surface area contributed by atoms with Gasteiger partial charge in [-0.2, -0.15) is 0 Å². The van der Waals surface area contributed by atoms with Gasteiger partial charge in [-0.1, -0.05) is 23.5 Å². The zero-order valence-corrected chi connectivity index (χ0v) is 10.0. The minimum absolute atomic E-state index is 0.241. The molecule has 17 heavy (non-hydrogen) atoms. The molecule has 5 nitrogen and oxygen atoms in total. The van der Waals surface area contributed by atoms with Crippen molar-refractivity contribution in [2.45, 2.75) is 6.92 Å². The number of carbonyl (C=O) groups is 1. The van der Waals surface area contributed by atoms with E-state index in [0.717, 1.165) is 11.3 Å². The second kappa shape index (κ2) is 4.42. The van der Waals surface area contributed by atoms with E-state index in [-0.39, 0.29) is 5.91 Å². The van der Waals surface area contributed by atoms with Crippen LogP contribution in [0.15, 0.2) is 24.3 Å². The van der Waals surface area contributed by atoms with Gasteiger partial charge >= 0.3 is 0 Å². The van der Waals surface area contributed by atoms with Crippen molar-refractivity contribution in [3.05, 3.63) is 34.8 Å². The smallest absolute Gasteiger partial charge is 0.267 e. The highest BCUT2D eigenvalue weighted by Gasteiger charge is 2.14. The van der Waals surface area contributed by atoms with Gasteiger partial charge in [-0.05, 0) is 19.1 Å². The van der Waals surface area contributed by atoms with E-state index in [4.69, 9.17) is 11.5 Å². The summed E-state index contributed by atoms with van der Waals surface area (Å²) in [5, 5.41) is 3.11. The molecule has 1 heterocycles. The van der Waals surface area contributed by atoms with Crippen molar-refractivity contribution in [1.82, 2.24) is 4.98 Å². The summed E-state index contributed by atoms with van der Waals surface area (Å²) in [6.45, 7) is 1.75. The molecule has 0 saturated heterocycles. The number of benzene rings is 1. The van der Waals surface area contributed by atoms with Gasteiger partial charge < -0.3 is 16.8 Å². The lowest BCUT2D eigenvalue weighted by atomic mass is 10.2. The van der Waals surface area contributed by atoms with Crippen LogP contribution in [0.3, 0.4) is 0 Å². The Morgan fingerprint density at radius 1 is 1.35 bits per heavy atom. The first-order valence-electron chi connectivity index (χ1n) is 4.96. The zero-order chi connectivity index (χ0) is 12.4. The van der Waals surface area contributed by atoms with Crippen LogP contribution in [0.25, 0.3) is 0 Å². The minimum Gasteiger partial charge on any atom is -0.397 e. The first-order chi connectivity index (χ1) is 8.08. The third-order valence-corrected chi connectivity index (χ3v) is 3.21. The number of nitrogens with zero attached hydrogens (tertiary/aromatic N) is 1. The van der Waals surface area contributed by atoms with Crippen molar-refractivity contribution in [3.63, 3.8) is 0 Å². The highest BCUT2D eigenvalue weighted by atomic mass is 32.1. The van der Waals surface area contributed by atoms with Crippen LogP contribution in [-0.2, 0) is 0 Å². The number of anilines is 3. The molecule has 0 fully saturated rings. The maximum Gasteiger partial charge on any atom is 0.267 e. The Morgan fingerprint density at radius 2 is 2.06 bits per heavy atom. The van der Waals surface area contributed by atoms with Gasteiger partial charge in [-0.3, -0.25) is 4.79 Å². The first kappa shape index (κ1) is 11.4. The van der Waals surface area contributed by atoms with Crippen molar-refractivity contribution < 1.29 is 4.79 Å². The van der Waals surface area contributed by atoms with Gasteiger partial charge in [-0.15, -0.1) is 0 Å². The first-order valence-corrected chi connectivity index (χ1v) is 5.78. The molecule has 1 amide bonds. The Kier molecular flexibility index (Phi) is 2.97. The van der Waals surface area contributed by atoms with Gasteiger partial charge in [-0.25, -0.2) is 4.98 Å². The largest absolute Gasteiger partial charge is 0.397 e. The molecule has 0 spiro atoms. The molecule has 88 valence electrons. The second-order valence-electron chi connectivity index (χ2n) is 3.51. The van der Waals surface area contributed by atoms with Crippen molar-refractivity contribution >= 4 is 33.8 Å². The van der Waals surface area contributed by atoms with Crippen LogP contribution in [0.5, 0.6) is 0 Å². The standard InChI is InChI=1S/C11H12N4OS/c1-6-9(17-11(13)14-6)10(16)15-8-5-3-2-4-7(8)12/h2-5H,12H2,1H3,(H2,13,14)(H,15,16). The highest BCUT2D eigenvalue weighted by Crippen LogP contribution is 2.23. The van der Waals surface area contributed by atoms with Crippen LogP contribution in [0.1, 0.15) is 15.4 Å². The molecule has 0 radical (unpaired) electrons. The molecule has 2 aromatic rings. The number of aryl methyl sites for hydroxylation is 1. The summed E-state index contributed by atoms with van der Waals surface area (Å²) in [7, 11) is 0. The fourth-order valence-electron chi connectivity index (χ4n) is 1.42. The molecule has 6 heteroatoms. The number of nitrogen functional groups attached to an aromatic ring is 2. The summed E-state index contributed by atoms with van der Waals surface area (Å²) in [5.41, 5.74) is 13.0. The van der Waals surface area contributed by atoms with E-state index >= 15 is 0 Å². The van der Waals surface area contributed by atoms with Crippen LogP contribution in [-0.4, -0.2) is 10.9 Å². The normalized spacial score (nSPS) is 10.2. The Labute approximate surface area is 102 Å². The topological polar surface area (TPSA) is 94.0 Å². The van der Waals surface area contributed by atoms with Crippen molar-refractivity contribution in [2.24, 2.45) is 0 Å². The average Bonchev–Trinajstić information content (AvgIpc) is 2.61. The Morgan fingerprint density at radius 3 is 2.65 bits per heavy atom. The molecule has 0 bridgehead atoms. The Hall–Kier alpha value is -2.08. The van der Waals surface area contributed by atoms with Crippen LogP contribution >= 0.6 is 11.3 Å². The van der Waals surface area contributed by atoms with Gasteiger partial charge in [0.2, 0.25) is 0 Å². The third kappa shape index (κ3) is 2.36. The zero-order valence-electron chi connectivity index (χ0n) is 9.23. The van der Waals surface area contributed by atoms with Crippen LogP contribution in [0.2, 0.25) is 0 Å². The van der Waals surface area contributed by atoms with Crippen molar-refractivity contribution in [2.75, 3.05) is 16.8 Å². The molecule has 2 rings (SSSR count). The molecule has 0 atom stereocenters. The summed E-state index contributed by atoms with van der Waals surface area (Å²) < 4.78 is 0. The summed E-state index contributed by atoms with van der Waals surface area (Å²) in [6, 6.07) is 7.08. The van der Waals surface area contributed by atoms with E-state index in [1.54, 1.807) is 31.2 Å². The number of thiazole rings is 1. The van der Waals surface area contributed by atoms with Gasteiger partial charge in [0.05, 0.1) is 17.1 Å². The molecule has 0 aliphatic rings. The number of rotatable bonds is 2.